The van der Waals surface area contributed by atoms with Crippen LogP contribution in [0, 0.1) is 37.5 Å². The topological polar surface area (TPSA) is 82.1 Å². The number of hydrogen-bond donors (Lipinski definition) is 1. The Bertz CT molecular complexity index is 918. The second kappa shape index (κ2) is 22.1. The number of anilines is 1. The molecule has 0 aromatic carbocycles. The Morgan fingerprint density at radius 1 is 1.08 bits per heavy atom. The molecular formula is C32H59N7. The molecule has 2 heterocycles. The van der Waals surface area contributed by atoms with E-state index in [4.69, 9.17) is 5.26 Å². The minimum absolute atomic E-state index is 0.206. The lowest BCUT2D eigenvalue weighted by molar-refractivity contribution is 0.329. The summed E-state index contributed by atoms with van der Waals surface area (Å²) >= 11 is 0. The number of aromatic nitrogens is 3. The molecule has 39 heavy (non-hydrogen) atoms. The molecule has 1 unspecified atom stereocenters. The van der Waals surface area contributed by atoms with Gasteiger partial charge >= 0.3 is 0 Å². The smallest absolute Gasteiger partial charge is 0.152 e. The van der Waals surface area contributed by atoms with Crippen LogP contribution in [0.1, 0.15) is 97.3 Å². The number of aliphatic imine (C=N–C) groups is 1. The predicted octanol–water partition coefficient (Wildman–Crippen LogP) is 7.66. The third-order valence-corrected chi connectivity index (χ3v) is 5.70. The van der Waals surface area contributed by atoms with E-state index in [2.05, 4.69) is 111 Å². The van der Waals surface area contributed by atoms with E-state index in [-0.39, 0.29) is 5.41 Å². The van der Waals surface area contributed by atoms with Crippen LogP contribution in [-0.4, -0.2) is 58.9 Å². The molecule has 0 saturated carbocycles. The fourth-order valence-corrected chi connectivity index (χ4v) is 3.63. The molecule has 0 spiro atoms. The molecule has 2 rings (SSSR count). The molecule has 0 saturated heterocycles. The van der Waals surface area contributed by atoms with Gasteiger partial charge in [-0.15, -0.1) is 0 Å². The van der Waals surface area contributed by atoms with Gasteiger partial charge < -0.3 is 14.8 Å². The quantitative estimate of drug-likeness (QED) is 0.295. The van der Waals surface area contributed by atoms with Gasteiger partial charge in [-0.05, 0) is 89.5 Å². The van der Waals surface area contributed by atoms with Crippen LogP contribution in [-0.2, 0) is 13.0 Å². The Labute approximate surface area is 241 Å². The molecule has 2 aromatic rings. The van der Waals surface area contributed by atoms with Crippen molar-refractivity contribution in [3.05, 3.63) is 41.1 Å². The van der Waals surface area contributed by atoms with Crippen LogP contribution < -0.4 is 5.32 Å². The largest absolute Gasteiger partial charge is 0.368 e. The molecule has 0 aliphatic rings. The number of aryl methyl sites for hydroxylation is 4. The lowest BCUT2D eigenvalue weighted by Gasteiger charge is -2.23. The molecule has 2 aromatic heterocycles. The third kappa shape index (κ3) is 18.2. The predicted molar refractivity (Wildman–Crippen MR) is 171 cm³/mol. The van der Waals surface area contributed by atoms with Gasteiger partial charge in [-0.3, -0.25) is 4.99 Å². The van der Waals surface area contributed by atoms with E-state index in [1.54, 1.807) is 0 Å². The Morgan fingerprint density at radius 3 is 2.10 bits per heavy atom. The number of unbranched alkanes of at least 4 members (excludes halogenated alkanes) is 1. The maximum Gasteiger partial charge on any atom is 0.152 e. The maximum absolute atomic E-state index is 8.90. The first-order chi connectivity index (χ1) is 18.4. The van der Waals surface area contributed by atoms with Gasteiger partial charge in [0.25, 0.3) is 0 Å². The van der Waals surface area contributed by atoms with Crippen molar-refractivity contribution in [2.45, 2.75) is 114 Å². The molecule has 0 amide bonds. The van der Waals surface area contributed by atoms with Crippen molar-refractivity contribution < 1.29 is 0 Å². The summed E-state index contributed by atoms with van der Waals surface area (Å²) in [6.07, 6.45) is 8.68. The van der Waals surface area contributed by atoms with Crippen LogP contribution in [0.15, 0.2) is 23.5 Å². The van der Waals surface area contributed by atoms with Crippen LogP contribution in [0.3, 0.4) is 0 Å². The number of nitrogens with zero attached hydrogens (tertiary/aromatic N) is 6. The molecule has 0 fully saturated rings. The highest BCUT2D eigenvalue weighted by molar-refractivity contribution is 5.49. The summed E-state index contributed by atoms with van der Waals surface area (Å²) < 4.78 is 2.27. The van der Waals surface area contributed by atoms with Crippen LogP contribution in [0.5, 0.6) is 0 Å². The molecule has 0 aliphatic heterocycles. The van der Waals surface area contributed by atoms with Crippen molar-refractivity contribution in [3.63, 3.8) is 0 Å². The average molecular weight is 542 g/mol. The maximum atomic E-state index is 8.90. The lowest BCUT2D eigenvalue weighted by Crippen LogP contribution is -2.22. The number of nitrogens with one attached hydrogen (secondary N) is 1. The van der Waals surface area contributed by atoms with E-state index in [0.29, 0.717) is 6.54 Å². The van der Waals surface area contributed by atoms with Crippen molar-refractivity contribution in [3.8, 4) is 6.07 Å². The highest BCUT2D eigenvalue weighted by Gasteiger charge is 2.17. The van der Waals surface area contributed by atoms with Crippen molar-refractivity contribution in [2.75, 3.05) is 32.0 Å². The minimum Gasteiger partial charge on any atom is -0.368 e. The van der Waals surface area contributed by atoms with E-state index >= 15 is 0 Å². The Hall–Kier alpha value is -2.72. The molecule has 222 valence electrons. The zero-order chi connectivity index (χ0) is 30.4. The number of nitriles is 1. The summed E-state index contributed by atoms with van der Waals surface area (Å²) in [6, 6.07) is 3.87. The first kappa shape index (κ1) is 38.4. The second-order valence-corrected chi connectivity index (χ2v) is 10.8. The molecular weight excluding hydrogens is 482 g/mol. The summed E-state index contributed by atoms with van der Waals surface area (Å²) in [5, 5.41) is 12.2. The van der Waals surface area contributed by atoms with Gasteiger partial charge in [0.15, 0.2) is 6.04 Å². The van der Waals surface area contributed by atoms with Crippen LogP contribution in [0.25, 0.3) is 0 Å². The number of hydrogen-bond acceptors (Lipinski definition) is 6. The lowest BCUT2D eigenvalue weighted by atomic mass is 9.97. The first-order valence-corrected chi connectivity index (χ1v) is 14.6. The minimum atomic E-state index is -0.405. The Kier molecular flexibility index (Phi) is 21.8. The van der Waals surface area contributed by atoms with Gasteiger partial charge in [0.1, 0.15) is 11.6 Å². The molecule has 7 nitrogen and oxygen atoms in total. The fraction of sp³-hybridized carbons (Fsp3) is 0.688. The molecule has 0 radical (unpaired) electrons. The van der Waals surface area contributed by atoms with Crippen LogP contribution >= 0.6 is 0 Å². The van der Waals surface area contributed by atoms with E-state index in [1.807, 2.05) is 33.2 Å². The van der Waals surface area contributed by atoms with Crippen molar-refractivity contribution in [1.82, 2.24) is 19.4 Å². The first-order valence-electron chi connectivity index (χ1n) is 14.6. The SMILES string of the molecule is C=NC(C#N)CNc1c(C)cc(C)n1CC(C)(C)C.CC.CCCCN(C)CCC.CCc1cnc(C)nc1. The normalized spacial score (nSPS) is 11.1. The summed E-state index contributed by atoms with van der Waals surface area (Å²) in [7, 11) is 2.19. The zero-order valence-corrected chi connectivity index (χ0v) is 27.4. The Balaban J connectivity index is 0. The summed E-state index contributed by atoms with van der Waals surface area (Å²) in [5.74, 6) is 1.92. The van der Waals surface area contributed by atoms with Gasteiger partial charge in [0, 0.05) is 24.6 Å². The standard InChI is InChI=1S/C15H24N4.C8H19N.C7H10N2.C2H6/c1-11-7-12(2)19(10-15(3,4)5)14(11)18-9-13(8-16)17-6;1-4-6-8-9(3)7-5-2;1-3-7-4-8-6(2)9-5-7;1-2/h7,13,18H,6,9-10H2,1-5H3;4-8H2,1-3H3;4-5H,3H2,1-2H3;1-2H3. The highest BCUT2D eigenvalue weighted by atomic mass is 15.1. The van der Waals surface area contributed by atoms with E-state index in [9.17, 15) is 0 Å². The van der Waals surface area contributed by atoms with E-state index in [1.165, 1.54) is 49.2 Å². The summed E-state index contributed by atoms with van der Waals surface area (Å²) in [4.78, 5) is 14.2. The fourth-order valence-electron chi connectivity index (χ4n) is 3.63. The van der Waals surface area contributed by atoms with Gasteiger partial charge in [-0.25, -0.2) is 9.97 Å². The summed E-state index contributed by atoms with van der Waals surface area (Å²) in [5.41, 5.74) is 3.83. The zero-order valence-electron chi connectivity index (χ0n) is 27.4. The van der Waals surface area contributed by atoms with E-state index < -0.39 is 6.04 Å². The summed E-state index contributed by atoms with van der Waals surface area (Å²) in [6.45, 7) is 30.7. The second-order valence-electron chi connectivity index (χ2n) is 10.8. The van der Waals surface area contributed by atoms with Gasteiger partial charge in [-0.1, -0.05) is 61.8 Å². The van der Waals surface area contributed by atoms with Crippen molar-refractivity contribution in [1.29, 1.82) is 5.26 Å². The van der Waals surface area contributed by atoms with E-state index in [0.717, 1.165) is 24.6 Å². The van der Waals surface area contributed by atoms with Crippen molar-refractivity contribution >= 4 is 12.5 Å². The molecule has 1 atom stereocenters. The van der Waals surface area contributed by atoms with Crippen LogP contribution in [0.4, 0.5) is 5.82 Å². The van der Waals surface area contributed by atoms with Crippen molar-refractivity contribution in [2.24, 2.45) is 10.4 Å². The molecule has 1 N–H and O–H groups in total. The molecule has 0 bridgehead atoms. The molecule has 0 aliphatic carbocycles. The highest BCUT2D eigenvalue weighted by Crippen LogP contribution is 2.26. The average Bonchev–Trinajstić information content (AvgIpc) is 3.16. The third-order valence-electron chi connectivity index (χ3n) is 5.70. The van der Waals surface area contributed by atoms with Gasteiger partial charge in [0.05, 0.1) is 12.6 Å². The Morgan fingerprint density at radius 2 is 1.67 bits per heavy atom. The number of rotatable bonds is 11. The monoisotopic (exact) mass is 541 g/mol. The van der Waals surface area contributed by atoms with Gasteiger partial charge in [0.2, 0.25) is 0 Å². The molecule has 7 heteroatoms. The van der Waals surface area contributed by atoms with Gasteiger partial charge in [-0.2, -0.15) is 5.26 Å². The van der Waals surface area contributed by atoms with Crippen LogP contribution in [0.2, 0.25) is 0 Å².